The van der Waals surface area contributed by atoms with E-state index in [1.165, 1.54) is 57.8 Å². The maximum Gasteiger partial charge on any atom is 0.223 e. The van der Waals surface area contributed by atoms with Crippen LogP contribution in [0.3, 0.4) is 0 Å². The second kappa shape index (κ2) is 7.16. The fourth-order valence-corrected chi connectivity index (χ4v) is 3.62. The van der Waals surface area contributed by atoms with Crippen LogP contribution < -0.4 is 5.32 Å². The highest BCUT2D eigenvalue weighted by molar-refractivity contribution is 5.82. The quantitative estimate of drug-likeness (QED) is 0.651. The lowest BCUT2D eigenvalue weighted by atomic mass is 10.0. The van der Waals surface area contributed by atoms with E-state index in [0.717, 1.165) is 24.8 Å². The fourth-order valence-electron chi connectivity index (χ4n) is 3.62. The van der Waals surface area contributed by atoms with Gasteiger partial charge in [-0.15, -0.1) is 0 Å². The monoisotopic (exact) mass is 251 g/mol. The molecule has 0 aromatic rings. The predicted molar refractivity (Wildman–Crippen MR) is 75.3 cm³/mol. The van der Waals surface area contributed by atoms with E-state index in [4.69, 9.17) is 0 Å². The molecule has 2 heteroatoms. The van der Waals surface area contributed by atoms with Gasteiger partial charge >= 0.3 is 0 Å². The first-order valence-electron chi connectivity index (χ1n) is 8.12. The first-order chi connectivity index (χ1) is 8.84. The van der Waals surface area contributed by atoms with Crippen molar-refractivity contribution in [2.75, 3.05) is 6.54 Å². The molecular formula is C16H29NO. The zero-order valence-corrected chi connectivity index (χ0v) is 11.9. The number of nitrogens with one attached hydrogen (secondary N) is 1. The topological polar surface area (TPSA) is 29.1 Å². The number of unbranched alkanes of at least 4 members (excludes halogenated alkanes) is 5. The highest BCUT2D eigenvalue weighted by atomic mass is 16.2. The summed E-state index contributed by atoms with van der Waals surface area (Å²) in [5.74, 6) is 2.26. The second-order valence-electron chi connectivity index (χ2n) is 6.20. The molecule has 2 fully saturated rings. The van der Waals surface area contributed by atoms with E-state index in [1.54, 1.807) is 0 Å². The van der Waals surface area contributed by atoms with Gasteiger partial charge in [0.25, 0.3) is 0 Å². The third-order valence-electron chi connectivity index (χ3n) is 4.79. The molecule has 2 aliphatic rings. The van der Waals surface area contributed by atoms with Crippen molar-refractivity contribution < 1.29 is 4.79 Å². The number of hydrogen-bond donors (Lipinski definition) is 1. The first-order valence-corrected chi connectivity index (χ1v) is 8.12. The molecular weight excluding hydrogens is 222 g/mol. The summed E-state index contributed by atoms with van der Waals surface area (Å²) in [5.41, 5.74) is 0. The molecule has 0 aromatic carbocycles. The van der Waals surface area contributed by atoms with Gasteiger partial charge in [0, 0.05) is 12.5 Å². The first kappa shape index (κ1) is 13.9. The van der Waals surface area contributed by atoms with E-state index < -0.39 is 0 Å². The number of rotatable bonds is 8. The molecule has 0 aromatic heterocycles. The molecule has 0 bridgehead atoms. The predicted octanol–water partition coefficient (Wildman–Crippen LogP) is 3.90. The number of carbonyl (C=O) groups excluding carboxylic acids is 1. The number of carbonyl (C=O) groups is 1. The standard InChI is InChI=1S/C16H29NO/c1-2-3-4-5-6-9-12-17-16(18)15-13-10-7-8-11-14(13)15/h13-15H,2-12H2,1H3,(H,17,18)/t13-,14-/m0/s1. The molecule has 0 spiro atoms. The summed E-state index contributed by atoms with van der Waals surface area (Å²) in [6, 6.07) is 0. The molecule has 1 N–H and O–H groups in total. The molecule has 0 aliphatic heterocycles. The second-order valence-corrected chi connectivity index (χ2v) is 6.20. The largest absolute Gasteiger partial charge is 0.356 e. The molecule has 2 rings (SSSR count). The van der Waals surface area contributed by atoms with E-state index in [-0.39, 0.29) is 0 Å². The van der Waals surface area contributed by atoms with Crippen molar-refractivity contribution in [2.24, 2.45) is 17.8 Å². The lowest BCUT2D eigenvalue weighted by molar-refractivity contribution is -0.122. The third-order valence-corrected chi connectivity index (χ3v) is 4.79. The van der Waals surface area contributed by atoms with Crippen LogP contribution in [0.2, 0.25) is 0 Å². The van der Waals surface area contributed by atoms with Crippen molar-refractivity contribution >= 4 is 5.91 Å². The molecule has 0 unspecified atom stereocenters. The SMILES string of the molecule is CCCCCCCCNC(=O)C1[C@H]2CCCC[C@H]12. The van der Waals surface area contributed by atoms with Gasteiger partial charge in [-0.3, -0.25) is 4.79 Å². The summed E-state index contributed by atoms with van der Waals surface area (Å²) in [4.78, 5) is 12.0. The Morgan fingerprint density at radius 3 is 2.28 bits per heavy atom. The maximum atomic E-state index is 12.0. The highest BCUT2D eigenvalue weighted by Crippen LogP contribution is 2.55. The summed E-state index contributed by atoms with van der Waals surface area (Å²) in [6.07, 6.45) is 13.1. The summed E-state index contributed by atoms with van der Waals surface area (Å²) >= 11 is 0. The van der Waals surface area contributed by atoms with Crippen molar-refractivity contribution in [3.63, 3.8) is 0 Å². The normalized spacial score (nSPS) is 29.7. The Balaban J connectivity index is 1.48. The Morgan fingerprint density at radius 1 is 1.00 bits per heavy atom. The van der Waals surface area contributed by atoms with E-state index in [1.807, 2.05) is 0 Å². The molecule has 2 aliphatic carbocycles. The van der Waals surface area contributed by atoms with Gasteiger partial charge in [0.2, 0.25) is 5.91 Å². The minimum absolute atomic E-state index is 0.362. The van der Waals surface area contributed by atoms with Crippen LogP contribution in [0.1, 0.15) is 71.1 Å². The van der Waals surface area contributed by atoms with Crippen LogP contribution >= 0.6 is 0 Å². The summed E-state index contributed by atoms with van der Waals surface area (Å²) in [5, 5.41) is 3.15. The summed E-state index contributed by atoms with van der Waals surface area (Å²) in [7, 11) is 0. The molecule has 18 heavy (non-hydrogen) atoms. The average molecular weight is 251 g/mol. The van der Waals surface area contributed by atoms with Gasteiger partial charge < -0.3 is 5.32 Å². The van der Waals surface area contributed by atoms with Gasteiger partial charge in [-0.1, -0.05) is 51.9 Å². The Bertz CT molecular complexity index is 252. The minimum Gasteiger partial charge on any atom is -0.356 e. The van der Waals surface area contributed by atoms with Gasteiger partial charge in [0.15, 0.2) is 0 Å². The van der Waals surface area contributed by atoms with Gasteiger partial charge in [-0.05, 0) is 31.1 Å². The zero-order valence-electron chi connectivity index (χ0n) is 11.9. The molecule has 104 valence electrons. The summed E-state index contributed by atoms with van der Waals surface area (Å²) < 4.78 is 0. The number of amides is 1. The van der Waals surface area contributed by atoms with Crippen LogP contribution in [0.25, 0.3) is 0 Å². The van der Waals surface area contributed by atoms with Crippen LogP contribution in [-0.4, -0.2) is 12.5 Å². The van der Waals surface area contributed by atoms with Crippen molar-refractivity contribution in [1.29, 1.82) is 0 Å². The average Bonchev–Trinajstić information content (AvgIpc) is 3.12. The van der Waals surface area contributed by atoms with Crippen LogP contribution in [0.15, 0.2) is 0 Å². The molecule has 2 atom stereocenters. The Kier molecular flexibility index (Phi) is 5.52. The maximum absolute atomic E-state index is 12.0. The Hall–Kier alpha value is -0.530. The molecule has 1 amide bonds. The smallest absolute Gasteiger partial charge is 0.223 e. The summed E-state index contributed by atoms with van der Waals surface area (Å²) in [6.45, 7) is 3.15. The molecule has 0 heterocycles. The molecule has 0 saturated heterocycles. The molecule has 2 nitrogen and oxygen atoms in total. The van der Waals surface area contributed by atoms with Gasteiger partial charge in [0.1, 0.15) is 0 Å². The molecule has 2 saturated carbocycles. The van der Waals surface area contributed by atoms with E-state index in [9.17, 15) is 4.79 Å². The van der Waals surface area contributed by atoms with Crippen LogP contribution in [0.5, 0.6) is 0 Å². The van der Waals surface area contributed by atoms with Crippen LogP contribution in [0.4, 0.5) is 0 Å². The van der Waals surface area contributed by atoms with Gasteiger partial charge in [-0.25, -0.2) is 0 Å². The van der Waals surface area contributed by atoms with Crippen LogP contribution in [0, 0.1) is 17.8 Å². The minimum atomic E-state index is 0.362. The fraction of sp³-hybridized carbons (Fsp3) is 0.938. The Labute approximate surface area is 112 Å². The van der Waals surface area contributed by atoms with Crippen molar-refractivity contribution in [1.82, 2.24) is 5.32 Å². The van der Waals surface area contributed by atoms with Crippen molar-refractivity contribution in [3.8, 4) is 0 Å². The van der Waals surface area contributed by atoms with E-state index >= 15 is 0 Å². The third kappa shape index (κ3) is 3.73. The highest BCUT2D eigenvalue weighted by Gasteiger charge is 2.54. The van der Waals surface area contributed by atoms with E-state index in [0.29, 0.717) is 11.8 Å². The lowest BCUT2D eigenvalue weighted by Crippen LogP contribution is -2.27. The van der Waals surface area contributed by atoms with E-state index in [2.05, 4.69) is 12.2 Å². The van der Waals surface area contributed by atoms with Gasteiger partial charge in [-0.2, -0.15) is 0 Å². The van der Waals surface area contributed by atoms with Crippen molar-refractivity contribution in [3.05, 3.63) is 0 Å². The lowest BCUT2D eigenvalue weighted by Gasteiger charge is -2.04. The van der Waals surface area contributed by atoms with Crippen molar-refractivity contribution in [2.45, 2.75) is 71.1 Å². The number of fused-ring (bicyclic) bond motifs is 1. The van der Waals surface area contributed by atoms with Crippen LogP contribution in [-0.2, 0) is 4.79 Å². The number of hydrogen-bond acceptors (Lipinski definition) is 1. The van der Waals surface area contributed by atoms with Gasteiger partial charge in [0.05, 0.1) is 0 Å². The Morgan fingerprint density at radius 2 is 1.61 bits per heavy atom. The molecule has 0 radical (unpaired) electrons. The zero-order chi connectivity index (χ0) is 12.8.